The molecule has 1 atom stereocenters. The molecule has 0 aliphatic carbocycles. The molecule has 0 radical (unpaired) electrons. The summed E-state index contributed by atoms with van der Waals surface area (Å²) in [7, 11) is 0. The van der Waals surface area contributed by atoms with Crippen LogP contribution in [-0.2, 0) is 4.79 Å². The smallest absolute Gasteiger partial charge is 0.238 e. The van der Waals surface area contributed by atoms with Crippen molar-refractivity contribution in [3.63, 3.8) is 0 Å². The van der Waals surface area contributed by atoms with E-state index in [0.717, 1.165) is 0 Å². The van der Waals surface area contributed by atoms with E-state index >= 15 is 0 Å². The summed E-state index contributed by atoms with van der Waals surface area (Å²) in [6.45, 7) is 5.54. The van der Waals surface area contributed by atoms with Crippen molar-refractivity contribution >= 4 is 17.4 Å². The first-order chi connectivity index (χ1) is 9.38. The number of hydrogen-bond donors (Lipinski definition) is 0. The fourth-order valence-corrected chi connectivity index (χ4v) is 1.72. The second-order valence-electron chi connectivity index (χ2n) is 5.45. The SMILES string of the molecule is CC(C)(C)C(=O)C(Oc1ccc(Cl)cc1)n1cnnc1. The van der Waals surface area contributed by atoms with Crippen LogP contribution in [0.1, 0.15) is 27.0 Å². The number of ketones is 1. The highest BCUT2D eigenvalue weighted by Crippen LogP contribution is 2.27. The average molecular weight is 294 g/mol. The normalized spacial score (nSPS) is 13.0. The highest BCUT2D eigenvalue weighted by molar-refractivity contribution is 6.30. The summed E-state index contributed by atoms with van der Waals surface area (Å²) in [4.78, 5) is 12.5. The van der Waals surface area contributed by atoms with Crippen LogP contribution in [0.25, 0.3) is 0 Å². The van der Waals surface area contributed by atoms with Crippen LogP contribution < -0.4 is 4.74 Å². The zero-order chi connectivity index (χ0) is 14.8. The minimum absolute atomic E-state index is 0.0627. The van der Waals surface area contributed by atoms with Gasteiger partial charge in [-0.2, -0.15) is 0 Å². The highest BCUT2D eigenvalue weighted by Gasteiger charge is 2.32. The van der Waals surface area contributed by atoms with Crippen LogP contribution in [0.2, 0.25) is 5.02 Å². The monoisotopic (exact) mass is 293 g/mol. The Balaban J connectivity index is 2.28. The van der Waals surface area contributed by atoms with Crippen LogP contribution >= 0.6 is 11.6 Å². The summed E-state index contributed by atoms with van der Waals surface area (Å²) >= 11 is 5.84. The van der Waals surface area contributed by atoms with Crippen molar-refractivity contribution < 1.29 is 9.53 Å². The number of Topliss-reactive ketones (excluding diaryl/α,β-unsaturated/α-hetero) is 1. The highest BCUT2D eigenvalue weighted by atomic mass is 35.5. The first-order valence-corrected chi connectivity index (χ1v) is 6.56. The van der Waals surface area contributed by atoms with Gasteiger partial charge in [-0.15, -0.1) is 10.2 Å². The van der Waals surface area contributed by atoms with E-state index in [0.29, 0.717) is 10.8 Å². The molecule has 0 aliphatic rings. The second-order valence-corrected chi connectivity index (χ2v) is 5.88. The molecule has 0 saturated heterocycles. The second kappa shape index (κ2) is 5.63. The van der Waals surface area contributed by atoms with Crippen molar-refractivity contribution in [2.24, 2.45) is 5.41 Å². The Labute approximate surface area is 122 Å². The molecule has 0 aliphatic heterocycles. The Hall–Kier alpha value is -1.88. The standard InChI is InChI=1S/C14H16ClN3O2/c1-14(2,3)12(19)13(18-8-16-17-9-18)20-11-6-4-10(15)5-7-11/h4-9,13H,1-3H3. The van der Waals surface area contributed by atoms with Gasteiger partial charge in [-0.05, 0) is 24.3 Å². The van der Waals surface area contributed by atoms with Crippen molar-refractivity contribution in [2.45, 2.75) is 27.0 Å². The molecule has 1 aromatic carbocycles. The number of hydrogen-bond acceptors (Lipinski definition) is 4. The van der Waals surface area contributed by atoms with E-state index in [9.17, 15) is 4.79 Å². The number of carbonyl (C=O) groups excluding carboxylic acids is 1. The van der Waals surface area contributed by atoms with Crippen molar-refractivity contribution in [3.05, 3.63) is 41.9 Å². The molecule has 0 N–H and O–H groups in total. The van der Waals surface area contributed by atoms with Gasteiger partial charge < -0.3 is 4.74 Å². The molecule has 1 unspecified atom stereocenters. The number of benzene rings is 1. The molecule has 2 aromatic rings. The van der Waals surface area contributed by atoms with Crippen molar-refractivity contribution in [3.8, 4) is 5.75 Å². The third kappa shape index (κ3) is 3.36. The number of carbonyl (C=O) groups is 1. The fraction of sp³-hybridized carbons (Fsp3) is 0.357. The van der Waals surface area contributed by atoms with Crippen LogP contribution in [0, 0.1) is 5.41 Å². The van der Waals surface area contributed by atoms with Gasteiger partial charge in [-0.3, -0.25) is 9.36 Å². The van der Waals surface area contributed by atoms with E-state index in [1.807, 2.05) is 20.8 Å². The zero-order valence-electron chi connectivity index (χ0n) is 11.6. The maximum atomic E-state index is 12.5. The maximum Gasteiger partial charge on any atom is 0.238 e. The van der Waals surface area contributed by atoms with Gasteiger partial charge in [0.05, 0.1) is 0 Å². The van der Waals surface area contributed by atoms with Crippen LogP contribution in [0.4, 0.5) is 0 Å². The van der Waals surface area contributed by atoms with Gasteiger partial charge in [-0.1, -0.05) is 32.4 Å². The minimum atomic E-state index is -0.800. The van der Waals surface area contributed by atoms with Crippen LogP contribution in [-0.4, -0.2) is 20.5 Å². The topological polar surface area (TPSA) is 57.0 Å². The minimum Gasteiger partial charge on any atom is -0.463 e. The Morgan fingerprint density at radius 2 is 1.75 bits per heavy atom. The lowest BCUT2D eigenvalue weighted by molar-refractivity contribution is -0.137. The van der Waals surface area contributed by atoms with Crippen LogP contribution in [0.15, 0.2) is 36.9 Å². The summed E-state index contributed by atoms with van der Waals surface area (Å²) < 4.78 is 7.32. The molecule has 2 rings (SSSR count). The molecule has 0 amide bonds. The zero-order valence-corrected chi connectivity index (χ0v) is 12.3. The third-order valence-electron chi connectivity index (χ3n) is 2.73. The third-order valence-corrected chi connectivity index (χ3v) is 2.98. The molecule has 106 valence electrons. The van der Waals surface area contributed by atoms with Crippen molar-refractivity contribution in [2.75, 3.05) is 0 Å². The van der Waals surface area contributed by atoms with E-state index < -0.39 is 11.6 Å². The predicted octanol–water partition coefficient (Wildman–Crippen LogP) is 3.12. The van der Waals surface area contributed by atoms with Gasteiger partial charge in [0.1, 0.15) is 18.4 Å². The number of rotatable bonds is 4. The predicted molar refractivity (Wildman–Crippen MR) is 75.6 cm³/mol. The first-order valence-electron chi connectivity index (χ1n) is 6.18. The van der Waals surface area contributed by atoms with Crippen LogP contribution in [0.5, 0.6) is 5.75 Å². The van der Waals surface area contributed by atoms with Gasteiger partial charge in [0, 0.05) is 10.4 Å². The molecule has 20 heavy (non-hydrogen) atoms. The molecule has 0 bridgehead atoms. The van der Waals surface area contributed by atoms with Gasteiger partial charge in [0.2, 0.25) is 6.23 Å². The lowest BCUT2D eigenvalue weighted by Crippen LogP contribution is -2.33. The largest absolute Gasteiger partial charge is 0.463 e. The molecular formula is C14H16ClN3O2. The van der Waals surface area contributed by atoms with Crippen molar-refractivity contribution in [1.29, 1.82) is 0 Å². The Kier molecular flexibility index (Phi) is 4.09. The molecular weight excluding hydrogens is 278 g/mol. The van der Waals surface area contributed by atoms with Crippen LogP contribution in [0.3, 0.4) is 0 Å². The van der Waals surface area contributed by atoms with E-state index in [4.69, 9.17) is 16.3 Å². The van der Waals surface area contributed by atoms with Gasteiger partial charge >= 0.3 is 0 Å². The van der Waals surface area contributed by atoms with Gasteiger partial charge in [-0.25, -0.2) is 0 Å². The lowest BCUT2D eigenvalue weighted by atomic mass is 9.89. The number of aromatic nitrogens is 3. The molecule has 5 nitrogen and oxygen atoms in total. The van der Waals surface area contributed by atoms with E-state index in [2.05, 4.69) is 10.2 Å². The Morgan fingerprint density at radius 1 is 1.20 bits per heavy atom. The van der Waals surface area contributed by atoms with Gasteiger partial charge in [0.25, 0.3) is 0 Å². The fourth-order valence-electron chi connectivity index (χ4n) is 1.59. The number of ether oxygens (including phenoxy) is 1. The molecule has 6 heteroatoms. The first kappa shape index (κ1) is 14.5. The van der Waals surface area contributed by atoms with Gasteiger partial charge in [0.15, 0.2) is 5.78 Å². The summed E-state index contributed by atoms with van der Waals surface area (Å²) in [5, 5.41) is 8.06. The molecule has 0 spiro atoms. The Morgan fingerprint density at radius 3 is 2.25 bits per heavy atom. The summed E-state index contributed by atoms with van der Waals surface area (Å²) in [5.74, 6) is 0.498. The number of halogens is 1. The van der Waals surface area contributed by atoms with E-state index in [1.54, 1.807) is 28.8 Å². The lowest BCUT2D eigenvalue weighted by Gasteiger charge is -2.25. The molecule has 1 aromatic heterocycles. The summed E-state index contributed by atoms with van der Waals surface area (Å²) in [6, 6.07) is 6.86. The van der Waals surface area contributed by atoms with Crippen molar-refractivity contribution in [1.82, 2.24) is 14.8 Å². The van der Waals surface area contributed by atoms with E-state index in [-0.39, 0.29) is 5.78 Å². The maximum absolute atomic E-state index is 12.5. The average Bonchev–Trinajstić information content (AvgIpc) is 2.90. The molecule has 0 saturated carbocycles. The molecule has 0 fully saturated rings. The quantitative estimate of drug-likeness (QED) is 0.869. The Bertz CT molecular complexity index is 573. The van der Waals surface area contributed by atoms with E-state index in [1.165, 1.54) is 12.7 Å². The number of nitrogens with zero attached hydrogens (tertiary/aromatic N) is 3. The molecule has 1 heterocycles. The summed E-state index contributed by atoms with van der Waals surface area (Å²) in [6.07, 6.45) is 2.13. The summed E-state index contributed by atoms with van der Waals surface area (Å²) in [5.41, 5.74) is -0.540.